The highest BCUT2D eigenvalue weighted by Crippen LogP contribution is 2.31. The van der Waals surface area contributed by atoms with Crippen molar-refractivity contribution in [3.63, 3.8) is 0 Å². The zero-order valence-corrected chi connectivity index (χ0v) is 16.7. The Morgan fingerprint density at radius 3 is 2.67 bits per heavy atom. The SMILES string of the molecule is CN=C(NCC1CCN(C2CC2)C1)N1CCN(c2cccc(OC)c2)CC1. The minimum Gasteiger partial charge on any atom is -0.497 e. The molecule has 6 heteroatoms. The molecule has 2 aliphatic heterocycles. The minimum absolute atomic E-state index is 0.764. The van der Waals surface area contributed by atoms with E-state index in [0.29, 0.717) is 0 Å². The van der Waals surface area contributed by atoms with Crippen LogP contribution >= 0.6 is 0 Å². The van der Waals surface area contributed by atoms with Gasteiger partial charge >= 0.3 is 0 Å². The van der Waals surface area contributed by atoms with Crippen LogP contribution in [0.4, 0.5) is 5.69 Å². The van der Waals surface area contributed by atoms with Gasteiger partial charge in [0.05, 0.1) is 7.11 Å². The Morgan fingerprint density at radius 2 is 1.96 bits per heavy atom. The summed E-state index contributed by atoms with van der Waals surface area (Å²) >= 11 is 0. The minimum atomic E-state index is 0.764. The summed E-state index contributed by atoms with van der Waals surface area (Å²) in [7, 11) is 3.63. The van der Waals surface area contributed by atoms with Crippen LogP contribution in [0.5, 0.6) is 5.75 Å². The van der Waals surface area contributed by atoms with Gasteiger partial charge in [-0.15, -0.1) is 0 Å². The Labute approximate surface area is 163 Å². The Hall–Kier alpha value is -1.95. The number of anilines is 1. The van der Waals surface area contributed by atoms with E-state index < -0.39 is 0 Å². The maximum Gasteiger partial charge on any atom is 0.193 e. The molecule has 0 radical (unpaired) electrons. The molecule has 4 rings (SSSR count). The third-order valence-corrected chi connectivity index (χ3v) is 6.14. The zero-order valence-electron chi connectivity index (χ0n) is 16.7. The van der Waals surface area contributed by atoms with Gasteiger partial charge in [-0.2, -0.15) is 0 Å². The summed E-state index contributed by atoms with van der Waals surface area (Å²) in [4.78, 5) is 12.0. The van der Waals surface area contributed by atoms with Crippen LogP contribution in [0.3, 0.4) is 0 Å². The molecule has 148 valence electrons. The molecule has 1 unspecified atom stereocenters. The van der Waals surface area contributed by atoms with Crippen molar-refractivity contribution in [1.82, 2.24) is 15.1 Å². The molecule has 1 aromatic carbocycles. The van der Waals surface area contributed by atoms with Crippen molar-refractivity contribution >= 4 is 11.6 Å². The molecular weight excluding hydrogens is 338 g/mol. The second kappa shape index (κ2) is 8.38. The monoisotopic (exact) mass is 371 g/mol. The number of ether oxygens (including phenoxy) is 1. The van der Waals surface area contributed by atoms with Crippen molar-refractivity contribution < 1.29 is 4.74 Å². The lowest BCUT2D eigenvalue weighted by Gasteiger charge is -2.38. The van der Waals surface area contributed by atoms with Crippen LogP contribution in [0.15, 0.2) is 29.3 Å². The van der Waals surface area contributed by atoms with E-state index in [2.05, 4.69) is 43.2 Å². The van der Waals surface area contributed by atoms with Crippen molar-refractivity contribution in [3.05, 3.63) is 24.3 Å². The topological polar surface area (TPSA) is 43.3 Å². The number of hydrogen-bond acceptors (Lipinski definition) is 4. The van der Waals surface area contributed by atoms with E-state index in [1.165, 1.54) is 38.0 Å². The van der Waals surface area contributed by atoms with E-state index in [4.69, 9.17) is 4.74 Å². The van der Waals surface area contributed by atoms with Gasteiger partial charge in [0.2, 0.25) is 0 Å². The molecule has 0 bridgehead atoms. The van der Waals surface area contributed by atoms with E-state index >= 15 is 0 Å². The third kappa shape index (κ3) is 4.49. The first kappa shape index (κ1) is 18.4. The summed E-state index contributed by atoms with van der Waals surface area (Å²) in [5.74, 6) is 2.75. The molecule has 3 aliphatic rings. The number of methoxy groups -OCH3 is 1. The Morgan fingerprint density at radius 1 is 1.15 bits per heavy atom. The molecule has 2 heterocycles. The molecule has 1 atom stereocenters. The lowest BCUT2D eigenvalue weighted by molar-refractivity contribution is 0.312. The van der Waals surface area contributed by atoms with Crippen molar-refractivity contribution in [2.24, 2.45) is 10.9 Å². The van der Waals surface area contributed by atoms with Crippen LogP contribution in [0.25, 0.3) is 0 Å². The standard InChI is InChI=1S/C21H33N5O/c1-22-21(23-15-17-8-9-26(16-17)18-6-7-18)25-12-10-24(11-13-25)19-4-3-5-20(14-19)27-2/h3-5,14,17-18H,6-13,15-16H2,1-2H3,(H,22,23). The number of rotatable bonds is 5. The first-order valence-corrected chi connectivity index (χ1v) is 10.4. The summed E-state index contributed by atoms with van der Waals surface area (Å²) in [5, 5.41) is 3.64. The Bertz CT molecular complexity index is 652. The molecule has 27 heavy (non-hydrogen) atoms. The molecule has 2 saturated heterocycles. The fourth-order valence-electron chi connectivity index (χ4n) is 4.35. The van der Waals surface area contributed by atoms with Crippen LogP contribution < -0.4 is 15.0 Å². The van der Waals surface area contributed by atoms with E-state index in [0.717, 1.165) is 56.4 Å². The molecule has 0 amide bonds. The van der Waals surface area contributed by atoms with Gasteiger partial charge in [0.15, 0.2) is 5.96 Å². The lowest BCUT2D eigenvalue weighted by atomic mass is 10.1. The smallest absolute Gasteiger partial charge is 0.193 e. The molecule has 6 nitrogen and oxygen atoms in total. The summed E-state index contributed by atoms with van der Waals surface area (Å²) in [5.41, 5.74) is 1.24. The van der Waals surface area contributed by atoms with Crippen molar-refractivity contribution in [3.8, 4) is 5.75 Å². The summed E-state index contributed by atoms with van der Waals surface area (Å²) in [6.07, 6.45) is 4.16. The van der Waals surface area contributed by atoms with E-state index in [-0.39, 0.29) is 0 Å². The van der Waals surface area contributed by atoms with Gasteiger partial charge in [-0.3, -0.25) is 4.99 Å². The first-order chi connectivity index (χ1) is 13.3. The number of likely N-dealkylation sites (tertiary alicyclic amines) is 1. The first-order valence-electron chi connectivity index (χ1n) is 10.4. The Kier molecular flexibility index (Phi) is 5.72. The zero-order chi connectivity index (χ0) is 18.6. The number of nitrogens with one attached hydrogen (secondary N) is 1. The third-order valence-electron chi connectivity index (χ3n) is 6.14. The van der Waals surface area contributed by atoms with Gasteiger partial charge in [-0.1, -0.05) is 6.07 Å². The number of hydrogen-bond donors (Lipinski definition) is 1. The normalized spacial score (nSPS) is 24.4. The fourth-order valence-corrected chi connectivity index (χ4v) is 4.35. The van der Waals surface area contributed by atoms with Gasteiger partial charge in [-0.05, 0) is 43.9 Å². The largest absolute Gasteiger partial charge is 0.497 e. The maximum absolute atomic E-state index is 5.36. The van der Waals surface area contributed by atoms with Gasteiger partial charge < -0.3 is 24.8 Å². The molecule has 0 aromatic heterocycles. The predicted molar refractivity (Wildman–Crippen MR) is 111 cm³/mol. The van der Waals surface area contributed by atoms with Crippen LogP contribution in [-0.4, -0.2) is 81.8 Å². The van der Waals surface area contributed by atoms with Crippen LogP contribution in [0.1, 0.15) is 19.3 Å². The summed E-state index contributed by atoms with van der Waals surface area (Å²) in [6, 6.07) is 9.25. The van der Waals surface area contributed by atoms with Gasteiger partial charge in [-0.25, -0.2) is 0 Å². The molecule has 1 saturated carbocycles. The van der Waals surface area contributed by atoms with Crippen LogP contribution in [-0.2, 0) is 0 Å². The molecule has 0 spiro atoms. The number of guanidine groups is 1. The highest BCUT2D eigenvalue weighted by atomic mass is 16.5. The number of piperazine rings is 1. The second-order valence-electron chi connectivity index (χ2n) is 7.98. The number of nitrogens with zero attached hydrogens (tertiary/aromatic N) is 4. The van der Waals surface area contributed by atoms with Crippen molar-refractivity contribution in [2.45, 2.75) is 25.3 Å². The van der Waals surface area contributed by atoms with Crippen LogP contribution in [0.2, 0.25) is 0 Å². The second-order valence-corrected chi connectivity index (χ2v) is 7.98. The Balaban J connectivity index is 1.25. The van der Waals surface area contributed by atoms with Crippen molar-refractivity contribution in [1.29, 1.82) is 0 Å². The maximum atomic E-state index is 5.36. The lowest BCUT2D eigenvalue weighted by Crippen LogP contribution is -2.53. The van der Waals surface area contributed by atoms with Gasteiger partial charge in [0.1, 0.15) is 5.75 Å². The van der Waals surface area contributed by atoms with E-state index in [1.54, 1.807) is 7.11 Å². The van der Waals surface area contributed by atoms with Gasteiger partial charge in [0.25, 0.3) is 0 Å². The number of benzene rings is 1. The summed E-state index contributed by atoms with van der Waals surface area (Å²) in [6.45, 7) is 7.60. The highest BCUT2D eigenvalue weighted by molar-refractivity contribution is 5.80. The van der Waals surface area contributed by atoms with Crippen molar-refractivity contribution in [2.75, 3.05) is 64.9 Å². The predicted octanol–water partition coefficient (Wildman–Crippen LogP) is 1.88. The molecule has 1 aromatic rings. The quantitative estimate of drug-likeness (QED) is 0.632. The molecule has 1 N–H and O–H groups in total. The molecule has 1 aliphatic carbocycles. The molecular formula is C21H33N5O. The van der Waals surface area contributed by atoms with Crippen LogP contribution in [0, 0.1) is 5.92 Å². The van der Waals surface area contributed by atoms with E-state index in [1.807, 2.05) is 13.1 Å². The summed E-state index contributed by atoms with van der Waals surface area (Å²) < 4.78 is 5.36. The van der Waals surface area contributed by atoms with Gasteiger partial charge in [0, 0.05) is 64.1 Å². The average molecular weight is 372 g/mol. The highest BCUT2D eigenvalue weighted by Gasteiger charge is 2.34. The van der Waals surface area contributed by atoms with E-state index in [9.17, 15) is 0 Å². The molecule has 3 fully saturated rings. The average Bonchev–Trinajstić information content (AvgIpc) is 3.47. The number of aliphatic imine (C=N–C) groups is 1. The fraction of sp³-hybridized carbons (Fsp3) is 0.667.